The van der Waals surface area contributed by atoms with Gasteiger partial charge in [0.1, 0.15) is 11.5 Å². The fourth-order valence-electron chi connectivity index (χ4n) is 2.16. The summed E-state index contributed by atoms with van der Waals surface area (Å²) in [6, 6.07) is 16.9. The molecule has 0 aliphatic rings. The average Bonchev–Trinajstić information content (AvgIpc) is 2.53. The molecule has 3 aromatic rings. The molecule has 0 aliphatic carbocycles. The second-order valence-corrected chi connectivity index (χ2v) is 4.63. The molecule has 0 bridgehead atoms. The van der Waals surface area contributed by atoms with Gasteiger partial charge in [-0.05, 0) is 41.3 Å². The third-order valence-corrected chi connectivity index (χ3v) is 3.22. The summed E-state index contributed by atoms with van der Waals surface area (Å²) in [5, 5.41) is 1.47. The maximum atomic E-state index is 11.9. The van der Waals surface area contributed by atoms with Gasteiger partial charge >= 0.3 is 5.63 Å². The largest absolute Gasteiger partial charge is 0.497 e. The van der Waals surface area contributed by atoms with Gasteiger partial charge in [-0.3, -0.25) is 0 Å². The lowest BCUT2D eigenvalue weighted by molar-refractivity contribution is 0.414. The third-order valence-electron chi connectivity index (χ3n) is 3.22. The van der Waals surface area contributed by atoms with Gasteiger partial charge in [0.05, 0.1) is 12.5 Å². The van der Waals surface area contributed by atoms with Gasteiger partial charge in [-0.2, -0.15) is 0 Å². The van der Waals surface area contributed by atoms with Crippen molar-refractivity contribution in [1.29, 1.82) is 0 Å². The molecule has 1 heterocycles. The fraction of sp³-hybridized carbons (Fsp3) is 0.0556. The van der Waals surface area contributed by atoms with Crippen molar-refractivity contribution in [3.8, 4) is 5.75 Å². The Morgan fingerprint density at radius 3 is 2.71 bits per heavy atom. The van der Waals surface area contributed by atoms with E-state index >= 15 is 0 Å². The average molecular weight is 278 g/mol. The molecular formula is C18H14O3. The van der Waals surface area contributed by atoms with E-state index < -0.39 is 0 Å². The molecule has 3 rings (SSSR count). The standard InChI is InChI=1S/C18H14O3/c1-20-15-7-4-5-13(11-15)9-10-16-12-14-6-2-3-8-17(14)18(19)21-16/h2-12H,1H3/b10-9+. The van der Waals surface area contributed by atoms with Crippen LogP contribution in [0.25, 0.3) is 22.9 Å². The molecular weight excluding hydrogens is 264 g/mol. The van der Waals surface area contributed by atoms with E-state index in [1.54, 1.807) is 19.3 Å². The number of methoxy groups -OCH3 is 1. The normalized spacial score (nSPS) is 11.1. The van der Waals surface area contributed by atoms with Crippen molar-refractivity contribution in [2.75, 3.05) is 7.11 Å². The van der Waals surface area contributed by atoms with Crippen LogP contribution >= 0.6 is 0 Å². The highest BCUT2D eigenvalue weighted by Gasteiger charge is 2.01. The smallest absolute Gasteiger partial charge is 0.344 e. The number of rotatable bonds is 3. The van der Waals surface area contributed by atoms with Crippen LogP contribution in [-0.2, 0) is 0 Å². The lowest BCUT2D eigenvalue weighted by atomic mass is 10.1. The molecule has 0 fully saturated rings. The summed E-state index contributed by atoms with van der Waals surface area (Å²) in [7, 11) is 1.63. The summed E-state index contributed by atoms with van der Waals surface area (Å²) in [5.74, 6) is 1.32. The van der Waals surface area contributed by atoms with Crippen LogP contribution in [0.1, 0.15) is 11.3 Å². The van der Waals surface area contributed by atoms with Crippen LogP contribution in [0.3, 0.4) is 0 Å². The van der Waals surface area contributed by atoms with Gasteiger partial charge in [-0.25, -0.2) is 4.79 Å². The zero-order chi connectivity index (χ0) is 14.7. The monoisotopic (exact) mass is 278 g/mol. The summed E-state index contributed by atoms with van der Waals surface area (Å²) < 4.78 is 10.5. The molecule has 0 radical (unpaired) electrons. The van der Waals surface area contributed by atoms with Gasteiger partial charge in [0.15, 0.2) is 0 Å². The van der Waals surface area contributed by atoms with Crippen molar-refractivity contribution in [2.45, 2.75) is 0 Å². The Morgan fingerprint density at radius 1 is 1.00 bits per heavy atom. The Kier molecular flexibility index (Phi) is 3.56. The lowest BCUT2D eigenvalue weighted by Crippen LogP contribution is -1.99. The summed E-state index contributed by atoms with van der Waals surface area (Å²) in [5.41, 5.74) is 0.656. The lowest BCUT2D eigenvalue weighted by Gasteiger charge is -2.00. The first kappa shape index (κ1) is 13.2. The Hall–Kier alpha value is -2.81. The predicted molar refractivity (Wildman–Crippen MR) is 84.4 cm³/mol. The summed E-state index contributed by atoms with van der Waals surface area (Å²) in [6.07, 6.45) is 3.66. The van der Waals surface area contributed by atoms with Gasteiger partial charge in [-0.1, -0.05) is 36.4 Å². The molecule has 3 nitrogen and oxygen atoms in total. The summed E-state index contributed by atoms with van der Waals surface area (Å²) in [6.45, 7) is 0. The third kappa shape index (κ3) is 2.87. The van der Waals surface area contributed by atoms with Crippen LogP contribution in [0.4, 0.5) is 0 Å². The summed E-state index contributed by atoms with van der Waals surface area (Å²) >= 11 is 0. The van der Waals surface area contributed by atoms with E-state index in [4.69, 9.17) is 9.15 Å². The van der Waals surface area contributed by atoms with Crippen molar-refractivity contribution in [2.24, 2.45) is 0 Å². The minimum atomic E-state index is -0.321. The van der Waals surface area contributed by atoms with Crippen LogP contribution in [0.2, 0.25) is 0 Å². The molecule has 0 atom stereocenters. The first-order valence-electron chi connectivity index (χ1n) is 6.61. The van der Waals surface area contributed by atoms with Gasteiger partial charge < -0.3 is 9.15 Å². The Labute approximate surface area is 122 Å². The molecule has 0 spiro atoms. The Bertz CT molecular complexity index is 859. The molecule has 0 saturated heterocycles. The number of hydrogen-bond donors (Lipinski definition) is 0. The molecule has 0 amide bonds. The van der Waals surface area contributed by atoms with Crippen LogP contribution in [0.15, 0.2) is 63.8 Å². The highest BCUT2D eigenvalue weighted by atomic mass is 16.5. The molecule has 0 saturated carbocycles. The highest BCUT2D eigenvalue weighted by molar-refractivity contribution is 5.83. The van der Waals surface area contributed by atoms with Crippen LogP contribution in [0, 0.1) is 0 Å². The number of hydrogen-bond acceptors (Lipinski definition) is 3. The molecule has 0 N–H and O–H groups in total. The Balaban J connectivity index is 1.97. The molecule has 21 heavy (non-hydrogen) atoms. The maximum Gasteiger partial charge on any atom is 0.344 e. The van der Waals surface area contributed by atoms with Gasteiger partial charge in [-0.15, -0.1) is 0 Å². The van der Waals surface area contributed by atoms with E-state index in [0.717, 1.165) is 16.7 Å². The van der Waals surface area contributed by atoms with Crippen LogP contribution in [-0.4, -0.2) is 7.11 Å². The zero-order valence-electron chi connectivity index (χ0n) is 11.6. The van der Waals surface area contributed by atoms with Crippen LogP contribution < -0.4 is 10.4 Å². The predicted octanol–water partition coefficient (Wildman–Crippen LogP) is 3.97. The van der Waals surface area contributed by atoms with Crippen molar-refractivity contribution in [3.63, 3.8) is 0 Å². The molecule has 104 valence electrons. The first-order chi connectivity index (χ1) is 10.3. The molecule has 0 aliphatic heterocycles. The minimum Gasteiger partial charge on any atom is -0.497 e. The van der Waals surface area contributed by atoms with E-state index in [9.17, 15) is 4.79 Å². The number of ether oxygens (including phenoxy) is 1. The second kappa shape index (κ2) is 5.67. The van der Waals surface area contributed by atoms with E-state index in [1.807, 2.05) is 54.6 Å². The van der Waals surface area contributed by atoms with E-state index in [2.05, 4.69) is 0 Å². The SMILES string of the molecule is COc1cccc(/C=C/c2cc3ccccc3c(=O)o2)c1. The Morgan fingerprint density at radius 2 is 1.86 bits per heavy atom. The fourth-order valence-corrected chi connectivity index (χ4v) is 2.16. The molecule has 0 unspecified atom stereocenters. The van der Waals surface area contributed by atoms with Crippen molar-refractivity contribution in [3.05, 3.63) is 76.3 Å². The van der Waals surface area contributed by atoms with Crippen molar-refractivity contribution >= 4 is 22.9 Å². The number of fused-ring (bicyclic) bond motifs is 1. The van der Waals surface area contributed by atoms with Crippen molar-refractivity contribution < 1.29 is 9.15 Å². The van der Waals surface area contributed by atoms with E-state index in [1.165, 1.54) is 0 Å². The van der Waals surface area contributed by atoms with E-state index in [0.29, 0.717) is 11.1 Å². The maximum absolute atomic E-state index is 11.9. The quantitative estimate of drug-likeness (QED) is 0.727. The highest BCUT2D eigenvalue weighted by Crippen LogP contribution is 2.17. The van der Waals surface area contributed by atoms with Crippen molar-refractivity contribution in [1.82, 2.24) is 0 Å². The van der Waals surface area contributed by atoms with Gasteiger partial charge in [0, 0.05) is 0 Å². The molecule has 3 heteroatoms. The number of benzene rings is 2. The zero-order valence-corrected chi connectivity index (χ0v) is 11.6. The van der Waals surface area contributed by atoms with E-state index in [-0.39, 0.29) is 5.63 Å². The second-order valence-electron chi connectivity index (χ2n) is 4.63. The molecule has 1 aromatic heterocycles. The first-order valence-corrected chi connectivity index (χ1v) is 6.61. The van der Waals surface area contributed by atoms with Crippen LogP contribution in [0.5, 0.6) is 5.75 Å². The topological polar surface area (TPSA) is 39.4 Å². The van der Waals surface area contributed by atoms with Gasteiger partial charge in [0.25, 0.3) is 0 Å². The molecule has 2 aromatic carbocycles. The summed E-state index contributed by atoms with van der Waals surface area (Å²) in [4.78, 5) is 11.9. The minimum absolute atomic E-state index is 0.321. The van der Waals surface area contributed by atoms with Gasteiger partial charge in [0.2, 0.25) is 0 Å².